The number of nitro benzene ring substituents is 1. The quantitative estimate of drug-likeness (QED) is 0.641. The van der Waals surface area contributed by atoms with Gasteiger partial charge in [0.15, 0.2) is 0 Å². The summed E-state index contributed by atoms with van der Waals surface area (Å²) < 4.78 is 18.8. The van der Waals surface area contributed by atoms with Gasteiger partial charge in [-0.15, -0.1) is 0 Å². The second-order valence-corrected chi connectivity index (χ2v) is 3.97. The first-order valence-electron chi connectivity index (χ1n) is 5.42. The second-order valence-electron chi connectivity index (χ2n) is 3.97. The van der Waals surface area contributed by atoms with Gasteiger partial charge in [-0.05, 0) is 30.7 Å². The van der Waals surface area contributed by atoms with Gasteiger partial charge in [-0.25, -0.2) is 0 Å². The van der Waals surface area contributed by atoms with Crippen molar-refractivity contribution in [3.8, 4) is 0 Å². The molecule has 0 radical (unpaired) electrons. The highest BCUT2D eigenvalue weighted by Crippen LogP contribution is 2.19. The molecule has 5 nitrogen and oxygen atoms in total. The zero-order chi connectivity index (χ0) is 12.3. The smallest absolute Gasteiger partial charge is 0.304 e. The van der Waals surface area contributed by atoms with Crippen LogP contribution in [-0.2, 0) is 11.3 Å². The third-order valence-electron chi connectivity index (χ3n) is 2.71. The molecule has 92 valence electrons. The number of nitrogens with zero attached hydrogens (tertiary/aromatic N) is 1. The van der Waals surface area contributed by atoms with Gasteiger partial charge in [-0.3, -0.25) is 10.1 Å². The van der Waals surface area contributed by atoms with Crippen molar-refractivity contribution in [1.29, 1.82) is 0 Å². The maximum atomic E-state index is 13.3. The molecule has 0 saturated carbocycles. The molecule has 1 aliphatic rings. The molecule has 1 N–H and O–H groups in total. The van der Waals surface area contributed by atoms with E-state index in [1.54, 1.807) is 0 Å². The van der Waals surface area contributed by atoms with E-state index in [1.165, 1.54) is 12.1 Å². The van der Waals surface area contributed by atoms with Crippen LogP contribution < -0.4 is 5.32 Å². The molecule has 0 amide bonds. The summed E-state index contributed by atoms with van der Waals surface area (Å²) in [5.41, 5.74) is 0.108. The number of nitrogens with one attached hydrogen (secondary N) is 1. The number of nitro groups is 1. The first-order valence-corrected chi connectivity index (χ1v) is 5.42. The Morgan fingerprint density at radius 2 is 2.41 bits per heavy atom. The van der Waals surface area contributed by atoms with Crippen molar-refractivity contribution in [2.24, 2.45) is 0 Å². The summed E-state index contributed by atoms with van der Waals surface area (Å²) in [5, 5.41) is 13.6. The Morgan fingerprint density at radius 1 is 1.59 bits per heavy atom. The molecular formula is C11H13FN2O3. The summed E-state index contributed by atoms with van der Waals surface area (Å²) in [7, 11) is 0. The summed E-state index contributed by atoms with van der Waals surface area (Å²) >= 11 is 0. The first kappa shape index (κ1) is 11.9. The van der Waals surface area contributed by atoms with Crippen LogP contribution in [0.15, 0.2) is 18.2 Å². The Hall–Kier alpha value is -1.53. The maximum Gasteiger partial charge on any atom is 0.304 e. The molecule has 1 aromatic rings. The van der Waals surface area contributed by atoms with Crippen molar-refractivity contribution in [3.63, 3.8) is 0 Å². The normalized spacial score (nSPS) is 19.5. The predicted molar refractivity (Wildman–Crippen MR) is 59.1 cm³/mol. The fourth-order valence-corrected chi connectivity index (χ4v) is 1.77. The van der Waals surface area contributed by atoms with Gasteiger partial charge in [0.2, 0.25) is 5.82 Å². The number of rotatable bonds is 4. The van der Waals surface area contributed by atoms with Crippen LogP contribution in [0.25, 0.3) is 0 Å². The Balaban J connectivity index is 1.97. The van der Waals surface area contributed by atoms with Crippen LogP contribution in [0, 0.1) is 15.9 Å². The lowest BCUT2D eigenvalue weighted by atomic mass is 10.2. The largest absolute Gasteiger partial charge is 0.372 e. The van der Waals surface area contributed by atoms with Crippen LogP contribution in [0.3, 0.4) is 0 Å². The molecule has 0 spiro atoms. The molecule has 0 bridgehead atoms. The van der Waals surface area contributed by atoms with E-state index in [1.807, 2.05) is 0 Å². The molecule has 1 aromatic carbocycles. The van der Waals surface area contributed by atoms with Gasteiger partial charge >= 0.3 is 5.69 Å². The van der Waals surface area contributed by atoms with E-state index in [2.05, 4.69) is 5.32 Å². The lowest BCUT2D eigenvalue weighted by molar-refractivity contribution is -0.387. The lowest BCUT2D eigenvalue weighted by Crippen LogP contribution is -2.16. The predicted octanol–water partition coefficient (Wildman–Crippen LogP) is 1.61. The van der Waals surface area contributed by atoms with Gasteiger partial charge in [-0.2, -0.15) is 4.39 Å². The summed E-state index contributed by atoms with van der Waals surface area (Å²) in [4.78, 5) is 9.69. The van der Waals surface area contributed by atoms with E-state index in [-0.39, 0.29) is 12.7 Å². The highest BCUT2D eigenvalue weighted by Gasteiger charge is 2.16. The molecule has 1 saturated heterocycles. The summed E-state index contributed by atoms with van der Waals surface area (Å²) in [5.74, 6) is -0.819. The van der Waals surface area contributed by atoms with Gasteiger partial charge in [0.25, 0.3) is 0 Å². The topological polar surface area (TPSA) is 64.4 Å². The SMILES string of the molecule is O=[N+]([O-])c1ccc(COC2CCNC2)cc1F. The molecule has 1 heterocycles. The fraction of sp³-hybridized carbons (Fsp3) is 0.455. The number of hydrogen-bond donors (Lipinski definition) is 1. The van der Waals surface area contributed by atoms with Crippen LogP contribution in [0.2, 0.25) is 0 Å². The third kappa shape index (κ3) is 2.98. The summed E-state index contributed by atoms with van der Waals surface area (Å²) in [6.45, 7) is 2.01. The average molecular weight is 240 g/mol. The van der Waals surface area contributed by atoms with Gasteiger partial charge < -0.3 is 10.1 Å². The number of ether oxygens (including phenoxy) is 1. The third-order valence-corrected chi connectivity index (χ3v) is 2.71. The van der Waals surface area contributed by atoms with Crippen molar-refractivity contribution >= 4 is 5.69 Å². The van der Waals surface area contributed by atoms with Crippen molar-refractivity contribution < 1.29 is 14.1 Å². The average Bonchev–Trinajstić information content (AvgIpc) is 2.78. The molecule has 17 heavy (non-hydrogen) atoms. The number of halogens is 1. The molecular weight excluding hydrogens is 227 g/mol. The van der Waals surface area contributed by atoms with Crippen LogP contribution in [0.4, 0.5) is 10.1 Å². The van der Waals surface area contributed by atoms with Crippen molar-refractivity contribution in [1.82, 2.24) is 5.32 Å². The molecule has 1 aliphatic heterocycles. The van der Waals surface area contributed by atoms with E-state index < -0.39 is 16.4 Å². The van der Waals surface area contributed by atoms with Crippen molar-refractivity contribution in [2.45, 2.75) is 19.1 Å². The Labute approximate surface area is 97.7 Å². The summed E-state index contributed by atoms with van der Waals surface area (Å²) in [6.07, 6.45) is 1.09. The summed E-state index contributed by atoms with van der Waals surface area (Å²) in [6, 6.07) is 3.84. The van der Waals surface area contributed by atoms with Crippen molar-refractivity contribution in [2.75, 3.05) is 13.1 Å². The molecule has 1 unspecified atom stereocenters. The Kier molecular flexibility index (Phi) is 3.65. The van der Waals surface area contributed by atoms with Crippen LogP contribution in [0.5, 0.6) is 0 Å². The van der Waals surface area contributed by atoms with Crippen LogP contribution >= 0.6 is 0 Å². The van der Waals surface area contributed by atoms with E-state index in [9.17, 15) is 14.5 Å². The first-order chi connectivity index (χ1) is 8.16. The van der Waals surface area contributed by atoms with E-state index >= 15 is 0 Å². The maximum absolute atomic E-state index is 13.3. The molecule has 6 heteroatoms. The Bertz CT molecular complexity index is 419. The minimum Gasteiger partial charge on any atom is -0.372 e. The van der Waals surface area contributed by atoms with Gasteiger partial charge in [0.05, 0.1) is 17.6 Å². The highest BCUT2D eigenvalue weighted by atomic mass is 19.1. The van der Waals surface area contributed by atoms with E-state index in [0.717, 1.165) is 25.6 Å². The van der Waals surface area contributed by atoms with Gasteiger partial charge in [0, 0.05) is 12.6 Å². The molecule has 2 rings (SSSR count). The second kappa shape index (κ2) is 5.20. The standard InChI is InChI=1S/C11H13FN2O3/c12-10-5-8(1-2-11(10)14(15)16)7-17-9-3-4-13-6-9/h1-2,5,9,13H,3-4,6-7H2. The zero-order valence-corrected chi connectivity index (χ0v) is 9.19. The molecule has 1 atom stereocenters. The van der Waals surface area contributed by atoms with Crippen molar-refractivity contribution in [3.05, 3.63) is 39.7 Å². The monoisotopic (exact) mass is 240 g/mol. The molecule has 0 aromatic heterocycles. The zero-order valence-electron chi connectivity index (χ0n) is 9.19. The number of benzene rings is 1. The highest BCUT2D eigenvalue weighted by molar-refractivity contribution is 5.34. The minimum absolute atomic E-state index is 0.147. The van der Waals surface area contributed by atoms with Gasteiger partial charge in [-0.1, -0.05) is 0 Å². The fourth-order valence-electron chi connectivity index (χ4n) is 1.77. The van der Waals surface area contributed by atoms with E-state index in [4.69, 9.17) is 4.74 Å². The minimum atomic E-state index is -0.819. The van der Waals surface area contributed by atoms with Crippen LogP contribution in [-0.4, -0.2) is 24.1 Å². The Morgan fingerprint density at radius 3 is 3.00 bits per heavy atom. The van der Waals surface area contributed by atoms with Crippen LogP contribution in [0.1, 0.15) is 12.0 Å². The molecule has 0 aliphatic carbocycles. The lowest BCUT2D eigenvalue weighted by Gasteiger charge is -2.10. The van der Waals surface area contributed by atoms with Gasteiger partial charge in [0.1, 0.15) is 0 Å². The number of hydrogen-bond acceptors (Lipinski definition) is 4. The molecule has 1 fully saturated rings. The van der Waals surface area contributed by atoms with E-state index in [0.29, 0.717) is 5.56 Å².